The van der Waals surface area contributed by atoms with Crippen molar-refractivity contribution in [1.29, 1.82) is 0 Å². The Morgan fingerprint density at radius 1 is 1.00 bits per heavy atom. The average molecular weight is 349 g/mol. The maximum atomic E-state index is 12.4. The van der Waals surface area contributed by atoms with Crippen LogP contribution in [0.25, 0.3) is 22.0 Å². The van der Waals surface area contributed by atoms with Crippen LogP contribution < -0.4 is 0 Å². The topological polar surface area (TPSA) is 76.5 Å². The number of aromatic nitrogens is 1. The Hall–Kier alpha value is -3.21. The number of pyridine rings is 1. The molecule has 0 aliphatic heterocycles. The molecule has 1 aromatic heterocycles. The summed E-state index contributed by atoms with van der Waals surface area (Å²) in [5.74, 6) is -1.02. The van der Waals surface area contributed by atoms with Crippen LogP contribution >= 0.6 is 0 Å². The van der Waals surface area contributed by atoms with E-state index in [-0.39, 0.29) is 30.9 Å². The summed E-state index contributed by atoms with van der Waals surface area (Å²) in [7, 11) is 0. The number of hydrogen-bond acceptors (Lipinski definition) is 5. The molecule has 0 bridgehead atoms. The highest BCUT2D eigenvalue weighted by Crippen LogP contribution is 2.29. The molecule has 26 heavy (non-hydrogen) atoms. The van der Waals surface area contributed by atoms with Crippen LogP contribution in [0.3, 0.4) is 0 Å². The quantitative estimate of drug-likeness (QED) is 0.535. The van der Waals surface area contributed by atoms with Crippen molar-refractivity contribution in [3.05, 3.63) is 60.3 Å². The van der Waals surface area contributed by atoms with Gasteiger partial charge in [0.1, 0.15) is 11.4 Å². The molecule has 0 amide bonds. The molecule has 5 nitrogen and oxygen atoms in total. The minimum atomic E-state index is -0.439. The molecule has 0 saturated carbocycles. The van der Waals surface area contributed by atoms with Crippen LogP contribution in [0.15, 0.2) is 54.6 Å². The molecule has 1 heterocycles. The van der Waals surface area contributed by atoms with Crippen molar-refractivity contribution >= 4 is 22.5 Å². The maximum absolute atomic E-state index is 12.4. The summed E-state index contributed by atoms with van der Waals surface area (Å²) >= 11 is 0. The van der Waals surface area contributed by atoms with Crippen LogP contribution in [0.1, 0.15) is 30.3 Å². The van der Waals surface area contributed by atoms with Gasteiger partial charge < -0.3 is 9.84 Å². The second kappa shape index (κ2) is 7.78. The van der Waals surface area contributed by atoms with Gasteiger partial charge in [-0.15, -0.1) is 0 Å². The number of carbonyl (C=O) groups excluding carboxylic acids is 2. The maximum Gasteiger partial charge on any atom is 0.306 e. The standard InChI is InChI=1S/C21H19NO4/c1-2-26-20(25)13-12-19(24)21-18(23)11-10-17(22-21)16-9-5-7-14-6-3-4-8-15(14)16/h3-11,23H,2,12-13H2,1H3. The molecule has 0 aliphatic rings. The summed E-state index contributed by atoms with van der Waals surface area (Å²) in [6, 6.07) is 16.9. The van der Waals surface area contributed by atoms with Gasteiger partial charge in [0.2, 0.25) is 0 Å². The zero-order chi connectivity index (χ0) is 18.5. The number of aromatic hydroxyl groups is 1. The Morgan fingerprint density at radius 3 is 2.58 bits per heavy atom. The zero-order valence-corrected chi connectivity index (χ0v) is 14.4. The van der Waals surface area contributed by atoms with Crippen LogP contribution in [0.2, 0.25) is 0 Å². The van der Waals surface area contributed by atoms with Gasteiger partial charge >= 0.3 is 5.97 Å². The SMILES string of the molecule is CCOC(=O)CCC(=O)c1nc(-c2cccc3ccccc23)ccc1O. The van der Waals surface area contributed by atoms with Crippen molar-refractivity contribution < 1.29 is 19.4 Å². The number of carbonyl (C=O) groups is 2. The second-order valence-corrected chi connectivity index (χ2v) is 5.82. The predicted molar refractivity (Wildman–Crippen MR) is 99.0 cm³/mol. The van der Waals surface area contributed by atoms with Crippen molar-refractivity contribution in [2.24, 2.45) is 0 Å². The Bertz CT molecular complexity index is 960. The van der Waals surface area contributed by atoms with E-state index < -0.39 is 11.8 Å². The lowest BCUT2D eigenvalue weighted by Crippen LogP contribution is -2.09. The normalized spacial score (nSPS) is 10.7. The van der Waals surface area contributed by atoms with Gasteiger partial charge in [-0.3, -0.25) is 9.59 Å². The van der Waals surface area contributed by atoms with Gasteiger partial charge in [-0.2, -0.15) is 0 Å². The first-order valence-corrected chi connectivity index (χ1v) is 8.47. The molecule has 0 saturated heterocycles. The molecule has 3 rings (SSSR count). The number of hydrogen-bond donors (Lipinski definition) is 1. The lowest BCUT2D eigenvalue weighted by molar-refractivity contribution is -0.143. The van der Waals surface area contributed by atoms with Crippen molar-refractivity contribution in [3.8, 4) is 17.0 Å². The molecule has 3 aromatic rings. The number of rotatable bonds is 6. The number of benzene rings is 2. The van der Waals surface area contributed by atoms with Gasteiger partial charge in [-0.25, -0.2) is 4.98 Å². The summed E-state index contributed by atoms with van der Waals surface area (Å²) in [5.41, 5.74) is 1.45. The van der Waals surface area contributed by atoms with E-state index in [2.05, 4.69) is 4.98 Å². The molecule has 5 heteroatoms. The molecule has 0 unspecified atom stereocenters. The molecule has 0 fully saturated rings. The van der Waals surface area contributed by atoms with Gasteiger partial charge in [0.05, 0.1) is 18.7 Å². The molecule has 0 aliphatic carbocycles. The van der Waals surface area contributed by atoms with Gasteiger partial charge in [-0.05, 0) is 29.8 Å². The van der Waals surface area contributed by atoms with Crippen LogP contribution in [0.4, 0.5) is 0 Å². The van der Waals surface area contributed by atoms with Gasteiger partial charge in [0, 0.05) is 12.0 Å². The van der Waals surface area contributed by atoms with Crippen molar-refractivity contribution in [2.45, 2.75) is 19.8 Å². The molecule has 0 radical (unpaired) electrons. The van der Waals surface area contributed by atoms with E-state index in [1.54, 1.807) is 13.0 Å². The molecule has 2 aromatic carbocycles. The molecule has 132 valence electrons. The number of Topliss-reactive ketones (excluding diaryl/α,β-unsaturated/α-hetero) is 1. The minimum Gasteiger partial charge on any atom is -0.506 e. The molecule has 1 N–H and O–H groups in total. The van der Waals surface area contributed by atoms with E-state index in [0.29, 0.717) is 5.69 Å². The van der Waals surface area contributed by atoms with E-state index in [9.17, 15) is 14.7 Å². The number of fused-ring (bicyclic) bond motifs is 1. The van der Waals surface area contributed by atoms with Gasteiger partial charge in [-0.1, -0.05) is 42.5 Å². The monoisotopic (exact) mass is 349 g/mol. The molecular weight excluding hydrogens is 330 g/mol. The first-order chi connectivity index (χ1) is 12.6. The van der Waals surface area contributed by atoms with Crippen LogP contribution in [-0.4, -0.2) is 28.4 Å². The highest BCUT2D eigenvalue weighted by Gasteiger charge is 2.17. The average Bonchev–Trinajstić information content (AvgIpc) is 2.66. The second-order valence-electron chi connectivity index (χ2n) is 5.82. The summed E-state index contributed by atoms with van der Waals surface area (Å²) in [5, 5.41) is 12.1. The minimum absolute atomic E-state index is 0.0280. The first kappa shape index (κ1) is 17.6. The van der Waals surface area contributed by atoms with Crippen molar-refractivity contribution in [1.82, 2.24) is 4.98 Å². The van der Waals surface area contributed by atoms with E-state index in [1.165, 1.54) is 6.07 Å². The number of ketones is 1. The van der Waals surface area contributed by atoms with E-state index in [0.717, 1.165) is 16.3 Å². The fourth-order valence-electron chi connectivity index (χ4n) is 2.82. The Labute approximate surface area is 151 Å². The smallest absolute Gasteiger partial charge is 0.306 e. The number of esters is 1. The Kier molecular flexibility index (Phi) is 5.27. The third-order valence-corrected chi connectivity index (χ3v) is 4.07. The predicted octanol–water partition coefficient (Wildman–Crippen LogP) is 4.13. The first-order valence-electron chi connectivity index (χ1n) is 8.47. The van der Waals surface area contributed by atoms with Crippen LogP contribution in [-0.2, 0) is 9.53 Å². The Morgan fingerprint density at radius 2 is 1.77 bits per heavy atom. The molecule has 0 atom stereocenters. The summed E-state index contributed by atoms with van der Waals surface area (Å²) in [6.07, 6.45) is -0.0926. The number of nitrogens with zero attached hydrogens (tertiary/aromatic N) is 1. The highest BCUT2D eigenvalue weighted by molar-refractivity contribution is 6.00. The fourth-order valence-corrected chi connectivity index (χ4v) is 2.82. The summed E-state index contributed by atoms with van der Waals surface area (Å²) < 4.78 is 4.83. The van der Waals surface area contributed by atoms with E-state index >= 15 is 0 Å². The highest BCUT2D eigenvalue weighted by atomic mass is 16.5. The fraction of sp³-hybridized carbons (Fsp3) is 0.190. The van der Waals surface area contributed by atoms with Crippen LogP contribution in [0, 0.1) is 0 Å². The lowest BCUT2D eigenvalue weighted by Gasteiger charge is -2.09. The number of ether oxygens (including phenoxy) is 1. The van der Waals surface area contributed by atoms with Gasteiger partial charge in [0.25, 0.3) is 0 Å². The lowest BCUT2D eigenvalue weighted by atomic mass is 10.0. The summed E-state index contributed by atoms with van der Waals surface area (Å²) in [6.45, 7) is 1.98. The molecule has 0 spiro atoms. The van der Waals surface area contributed by atoms with Crippen molar-refractivity contribution in [3.63, 3.8) is 0 Å². The van der Waals surface area contributed by atoms with Gasteiger partial charge in [0.15, 0.2) is 5.78 Å². The summed E-state index contributed by atoms with van der Waals surface area (Å²) in [4.78, 5) is 28.2. The van der Waals surface area contributed by atoms with Crippen LogP contribution in [0.5, 0.6) is 5.75 Å². The third kappa shape index (κ3) is 3.72. The Balaban J connectivity index is 1.92. The third-order valence-electron chi connectivity index (χ3n) is 4.07. The van der Waals surface area contributed by atoms with Crippen molar-refractivity contribution in [2.75, 3.05) is 6.61 Å². The zero-order valence-electron chi connectivity index (χ0n) is 14.4. The van der Waals surface area contributed by atoms with E-state index in [4.69, 9.17) is 4.74 Å². The largest absolute Gasteiger partial charge is 0.506 e. The van der Waals surface area contributed by atoms with E-state index in [1.807, 2.05) is 42.5 Å². The molecular formula is C21H19NO4.